The van der Waals surface area contributed by atoms with Crippen molar-refractivity contribution in [3.05, 3.63) is 294 Å². The lowest BCUT2D eigenvalue weighted by Crippen LogP contribution is -2.65. The van der Waals surface area contributed by atoms with E-state index in [0.29, 0.717) is 23.9 Å². The lowest BCUT2D eigenvalue weighted by Gasteiger charge is -2.47. The maximum Gasteiger partial charge on any atom is 0.419 e. The minimum absolute atomic E-state index is 0.0105. The molecule has 0 bridgehead atoms. The lowest BCUT2D eigenvalue weighted by atomic mass is 9.30. The van der Waals surface area contributed by atoms with Crippen LogP contribution >= 0.6 is 11.8 Å². The van der Waals surface area contributed by atoms with Crippen molar-refractivity contribution in [3.63, 3.8) is 0 Å². The predicted molar refractivity (Wildman–Crippen MR) is 349 cm³/mol. The van der Waals surface area contributed by atoms with Gasteiger partial charge in [0.25, 0.3) is 6.71 Å². The smallest absolute Gasteiger partial charge is 0.311 e. The molecule has 4 aliphatic rings. The summed E-state index contributed by atoms with van der Waals surface area (Å²) in [6, 6.07) is 51.1. The number of para-hydroxylation sites is 8. The number of fused-ring (bicyclic) bond motifs is 8. The first-order chi connectivity index (χ1) is 46.3. The van der Waals surface area contributed by atoms with Crippen molar-refractivity contribution >= 4 is 143 Å². The fraction of sp³-hybridized carbons (Fsp3) is 0.0270. The molecule has 5 nitrogen and oxygen atoms in total. The van der Waals surface area contributed by atoms with Gasteiger partial charge < -0.3 is 24.5 Å². The molecule has 0 radical (unpaired) electrons. The van der Waals surface area contributed by atoms with E-state index in [-0.39, 0.29) is 94.5 Å². The molecule has 0 unspecified atom stereocenters. The average molecular weight is 1320 g/mol. The summed E-state index contributed by atoms with van der Waals surface area (Å²) in [5, 5.41) is 0. The molecule has 0 aromatic heterocycles. The fourth-order valence-electron chi connectivity index (χ4n) is 14.1. The summed E-state index contributed by atoms with van der Waals surface area (Å²) in [5.74, 6) is -8.63. The number of hydrogen-bond donors (Lipinski definition) is 0. The summed E-state index contributed by atoms with van der Waals surface area (Å²) >= 11 is 0.582. The number of benzene rings is 12. The summed E-state index contributed by atoms with van der Waals surface area (Å²) in [5.41, 5.74) is -5.79. The number of halogens is 14. The molecule has 4 heterocycles. The maximum absolute atomic E-state index is 17.9. The quantitative estimate of drug-likeness (QED) is 0.105. The Morgan fingerprint density at radius 1 is 0.312 bits per heavy atom. The number of anilines is 15. The molecule has 4 aliphatic heterocycles. The SMILES string of the molecule is Fc1cccc(F)c1N(c1ccccc1)c1cc2c3c(c1)N(c1c(F)cccc1F)c1ccccc1B3c1cc3c(c(C(F)(F)F)c1S2)N(c1ccc(C(F)(F)F)cc1)c1cc(N(c2ccccc2)c2c(F)cccc2F)cc2c1B3c1ccccc1N2c1c(F)cccc1F. The van der Waals surface area contributed by atoms with Gasteiger partial charge in [0.1, 0.15) is 69.3 Å². The summed E-state index contributed by atoms with van der Waals surface area (Å²) in [7, 11) is 0. The van der Waals surface area contributed by atoms with Gasteiger partial charge in [0.05, 0.1) is 22.5 Å². The van der Waals surface area contributed by atoms with Gasteiger partial charge in [-0.3, -0.25) is 0 Å². The Kier molecular flexibility index (Phi) is 14.0. The largest absolute Gasteiger partial charge is 0.419 e. The normalized spacial score (nSPS) is 13.4. The van der Waals surface area contributed by atoms with Gasteiger partial charge in [-0.15, -0.1) is 0 Å². The fourth-order valence-corrected chi connectivity index (χ4v) is 15.4. The first-order valence-corrected chi connectivity index (χ1v) is 30.6. The molecule has 22 heteroatoms. The second kappa shape index (κ2) is 22.4. The Hall–Kier alpha value is -10.9. The van der Waals surface area contributed by atoms with E-state index in [1.807, 2.05) is 0 Å². The second-order valence-electron chi connectivity index (χ2n) is 23.1. The van der Waals surface area contributed by atoms with Crippen LogP contribution in [0.1, 0.15) is 11.1 Å². The van der Waals surface area contributed by atoms with Gasteiger partial charge in [0.15, 0.2) is 0 Å². The molecule has 0 N–H and O–H groups in total. The van der Waals surface area contributed by atoms with E-state index in [0.717, 1.165) is 94.7 Å². The molecule has 0 amide bonds. The molecule has 0 spiro atoms. The molecule has 0 aliphatic carbocycles. The van der Waals surface area contributed by atoms with Gasteiger partial charge in [-0.25, -0.2) is 35.1 Å². The van der Waals surface area contributed by atoms with Crippen LogP contribution in [-0.2, 0) is 12.4 Å². The van der Waals surface area contributed by atoms with E-state index in [1.54, 1.807) is 78.9 Å². The summed E-state index contributed by atoms with van der Waals surface area (Å²) in [6.07, 6.45) is -10.4. The van der Waals surface area contributed by atoms with Crippen LogP contribution in [-0.4, -0.2) is 13.4 Å². The molecular weight excluding hydrogens is 1280 g/mol. The number of hydrogen-bond acceptors (Lipinski definition) is 6. The zero-order chi connectivity index (χ0) is 66.4. The topological polar surface area (TPSA) is 16.2 Å². The Labute approximate surface area is 543 Å². The van der Waals surface area contributed by atoms with Crippen molar-refractivity contribution in [1.29, 1.82) is 0 Å². The maximum atomic E-state index is 17.9. The van der Waals surface area contributed by atoms with Crippen LogP contribution in [0.15, 0.2) is 246 Å². The number of rotatable bonds is 9. The second-order valence-corrected chi connectivity index (χ2v) is 24.2. The summed E-state index contributed by atoms with van der Waals surface area (Å²) < 4.78 is 232. The van der Waals surface area contributed by atoms with Crippen molar-refractivity contribution in [1.82, 2.24) is 0 Å². The van der Waals surface area contributed by atoms with Crippen LogP contribution < -0.4 is 57.3 Å². The first-order valence-electron chi connectivity index (χ1n) is 29.8. The highest BCUT2D eigenvalue weighted by Crippen LogP contribution is 2.56. The highest BCUT2D eigenvalue weighted by atomic mass is 32.2. The van der Waals surface area contributed by atoms with Gasteiger partial charge >= 0.3 is 12.4 Å². The molecule has 16 rings (SSSR count). The molecule has 0 saturated carbocycles. The van der Waals surface area contributed by atoms with Crippen LogP contribution in [0.2, 0.25) is 0 Å². The lowest BCUT2D eigenvalue weighted by molar-refractivity contribution is -0.139. The summed E-state index contributed by atoms with van der Waals surface area (Å²) in [6.45, 7) is -2.70. The molecule has 12 aromatic rings. The molecule has 0 saturated heterocycles. The summed E-state index contributed by atoms with van der Waals surface area (Å²) in [4.78, 5) is 5.46. The van der Waals surface area contributed by atoms with E-state index in [2.05, 4.69) is 0 Å². The molecular formula is C74H39B2F14N5S. The van der Waals surface area contributed by atoms with Gasteiger partial charge in [-0.1, -0.05) is 120 Å². The molecule has 12 aromatic carbocycles. The Morgan fingerprint density at radius 3 is 1.16 bits per heavy atom. The molecule has 0 atom stereocenters. The standard InChI is InChI=1S/C74H39B2F14N5S/c77-50-21-11-22-51(78)68(50)91(41-15-3-1-4-16-41)44-35-60-65-61(36-44)94(70-54(81)25-13-26-55(70)82)58-29-9-7-19-46(58)75(65)48-39-49-72(64(74(88,89)90)67(48)93(60)43-33-31-40(32-34-43)73(85,86)87)96-63-38-45(92(42-17-5-2-6-18-42)69-52(79)23-12-24-53(69)80)37-62-66(63)76(49)47-20-8-10-30-59(47)95(62)71-56(83)27-14-28-57(71)84/h1-39H. The van der Waals surface area contributed by atoms with Gasteiger partial charge in [-0.2, -0.15) is 26.3 Å². The van der Waals surface area contributed by atoms with E-state index >= 15 is 48.3 Å². The third kappa shape index (κ3) is 9.33. The first kappa shape index (κ1) is 60.1. The third-order valence-electron chi connectivity index (χ3n) is 17.8. The van der Waals surface area contributed by atoms with E-state index in [9.17, 15) is 13.2 Å². The minimum Gasteiger partial charge on any atom is -0.311 e. The van der Waals surface area contributed by atoms with Gasteiger partial charge in [0.2, 0.25) is 6.71 Å². The highest BCUT2D eigenvalue weighted by molar-refractivity contribution is 8.00. The van der Waals surface area contributed by atoms with E-state index in [1.165, 1.54) is 75.4 Å². The monoisotopic (exact) mass is 1320 g/mol. The number of nitrogens with zero attached hydrogens (tertiary/aromatic N) is 5. The van der Waals surface area contributed by atoms with Crippen LogP contribution in [0.25, 0.3) is 0 Å². The third-order valence-corrected chi connectivity index (χ3v) is 19.0. The highest BCUT2D eigenvalue weighted by Gasteiger charge is 2.53. The van der Waals surface area contributed by atoms with Crippen molar-refractivity contribution < 1.29 is 61.5 Å². The minimum atomic E-state index is -5.46. The molecule has 96 heavy (non-hydrogen) atoms. The van der Waals surface area contributed by atoms with Crippen LogP contribution in [0.3, 0.4) is 0 Å². The Balaban J connectivity index is 1.06. The van der Waals surface area contributed by atoms with Crippen LogP contribution in [0.5, 0.6) is 0 Å². The predicted octanol–water partition coefficient (Wildman–Crippen LogP) is 18.6. The Morgan fingerprint density at radius 2 is 0.708 bits per heavy atom. The number of alkyl halides is 6. The van der Waals surface area contributed by atoms with Crippen LogP contribution in [0, 0.1) is 46.5 Å². The van der Waals surface area contributed by atoms with E-state index < -0.39 is 117 Å². The zero-order valence-corrected chi connectivity index (χ0v) is 49.9. The molecule has 470 valence electrons. The van der Waals surface area contributed by atoms with Crippen molar-refractivity contribution in [2.45, 2.75) is 22.1 Å². The van der Waals surface area contributed by atoms with Crippen molar-refractivity contribution in [2.24, 2.45) is 0 Å². The molecule has 0 fully saturated rings. The Bertz CT molecular complexity index is 5120. The van der Waals surface area contributed by atoms with Crippen LogP contribution in [0.4, 0.5) is 147 Å². The van der Waals surface area contributed by atoms with Crippen molar-refractivity contribution in [2.75, 3.05) is 24.5 Å². The van der Waals surface area contributed by atoms with Gasteiger partial charge in [-0.05, 0) is 161 Å². The zero-order valence-electron chi connectivity index (χ0n) is 49.1. The van der Waals surface area contributed by atoms with E-state index in [4.69, 9.17) is 0 Å². The van der Waals surface area contributed by atoms with Gasteiger partial charge in [0, 0.05) is 61.0 Å². The van der Waals surface area contributed by atoms with Crippen molar-refractivity contribution in [3.8, 4) is 0 Å². The average Bonchev–Trinajstić information content (AvgIpc) is 0.681.